The minimum atomic E-state index is 0.0610. The van der Waals surface area contributed by atoms with Crippen LogP contribution in [0, 0.1) is 0 Å². The van der Waals surface area contributed by atoms with Crippen LogP contribution in [0.15, 0.2) is 36.5 Å². The topological polar surface area (TPSA) is 63.7 Å². The monoisotopic (exact) mass is 325 g/mol. The summed E-state index contributed by atoms with van der Waals surface area (Å²) in [5.74, 6) is 2.23. The van der Waals surface area contributed by atoms with Gasteiger partial charge in [0.25, 0.3) is 5.91 Å². The van der Waals surface area contributed by atoms with E-state index in [1.807, 2.05) is 35.2 Å². The lowest BCUT2D eigenvalue weighted by Gasteiger charge is -2.19. The third-order valence-corrected chi connectivity index (χ3v) is 4.22. The Morgan fingerprint density at radius 2 is 1.83 bits per heavy atom. The molecule has 0 aliphatic carbocycles. The molecule has 24 heavy (non-hydrogen) atoms. The van der Waals surface area contributed by atoms with Gasteiger partial charge in [-0.2, -0.15) is 0 Å². The van der Waals surface area contributed by atoms with E-state index in [1.54, 1.807) is 6.20 Å². The lowest BCUT2D eigenvalue weighted by atomic mass is 10.2. The van der Waals surface area contributed by atoms with Crippen LogP contribution >= 0.6 is 0 Å². The fourth-order valence-corrected chi connectivity index (χ4v) is 2.97. The summed E-state index contributed by atoms with van der Waals surface area (Å²) < 4.78 is 11.1. The summed E-state index contributed by atoms with van der Waals surface area (Å²) in [5, 5.41) is 3.22. The Bertz CT molecular complexity index is 740. The van der Waals surface area contributed by atoms with E-state index in [0.29, 0.717) is 24.6 Å². The van der Waals surface area contributed by atoms with Gasteiger partial charge in [0, 0.05) is 31.0 Å². The van der Waals surface area contributed by atoms with Crippen molar-refractivity contribution >= 4 is 17.4 Å². The molecule has 0 spiro atoms. The minimum Gasteiger partial charge on any atom is -0.486 e. The molecule has 6 heteroatoms. The number of anilines is 2. The predicted molar refractivity (Wildman–Crippen MR) is 90.1 cm³/mol. The summed E-state index contributed by atoms with van der Waals surface area (Å²) in [6.45, 7) is 2.82. The second kappa shape index (κ2) is 6.39. The lowest BCUT2D eigenvalue weighted by molar-refractivity contribution is 0.0792. The van der Waals surface area contributed by atoms with Crippen LogP contribution in [-0.2, 0) is 0 Å². The van der Waals surface area contributed by atoms with Gasteiger partial charge in [0.2, 0.25) is 0 Å². The normalized spacial score (nSPS) is 16.1. The van der Waals surface area contributed by atoms with Gasteiger partial charge in [-0.05, 0) is 37.1 Å². The highest BCUT2D eigenvalue weighted by Crippen LogP contribution is 2.33. The Balaban J connectivity index is 1.46. The first-order valence-corrected chi connectivity index (χ1v) is 8.21. The number of carbonyl (C=O) groups excluding carboxylic acids is 1. The van der Waals surface area contributed by atoms with Crippen LogP contribution in [0.5, 0.6) is 11.5 Å². The van der Waals surface area contributed by atoms with Gasteiger partial charge < -0.3 is 19.7 Å². The van der Waals surface area contributed by atoms with Gasteiger partial charge in [-0.1, -0.05) is 0 Å². The van der Waals surface area contributed by atoms with Crippen molar-refractivity contribution in [3.63, 3.8) is 0 Å². The molecule has 2 aromatic rings. The summed E-state index contributed by atoms with van der Waals surface area (Å²) in [6.07, 6.45) is 3.80. The Labute approximate surface area is 140 Å². The number of ether oxygens (including phenoxy) is 2. The van der Waals surface area contributed by atoms with E-state index in [4.69, 9.17) is 9.47 Å². The molecule has 0 atom stereocenters. The summed E-state index contributed by atoms with van der Waals surface area (Å²) >= 11 is 0. The van der Waals surface area contributed by atoms with E-state index < -0.39 is 0 Å². The first kappa shape index (κ1) is 14.8. The van der Waals surface area contributed by atoms with Crippen molar-refractivity contribution in [3.8, 4) is 11.5 Å². The van der Waals surface area contributed by atoms with E-state index in [9.17, 15) is 4.79 Å². The lowest BCUT2D eigenvalue weighted by Crippen LogP contribution is -2.27. The maximum atomic E-state index is 12.3. The molecule has 124 valence electrons. The van der Waals surface area contributed by atoms with Crippen molar-refractivity contribution in [1.29, 1.82) is 0 Å². The van der Waals surface area contributed by atoms with Crippen molar-refractivity contribution in [1.82, 2.24) is 9.88 Å². The number of fused-ring (bicyclic) bond motifs is 1. The zero-order valence-corrected chi connectivity index (χ0v) is 13.3. The molecule has 1 aromatic heterocycles. The molecule has 1 saturated heterocycles. The molecule has 2 aliphatic heterocycles. The highest BCUT2D eigenvalue weighted by molar-refractivity contribution is 5.94. The van der Waals surface area contributed by atoms with Crippen LogP contribution in [0.1, 0.15) is 23.2 Å². The van der Waals surface area contributed by atoms with Crippen LogP contribution in [-0.4, -0.2) is 42.1 Å². The van der Waals surface area contributed by atoms with Crippen molar-refractivity contribution in [3.05, 3.63) is 42.1 Å². The average Bonchev–Trinajstić information content (AvgIpc) is 3.16. The number of likely N-dealkylation sites (tertiary alicyclic amines) is 1. The first-order chi connectivity index (χ1) is 11.8. The summed E-state index contributed by atoms with van der Waals surface area (Å²) in [6, 6.07) is 9.31. The zero-order valence-electron chi connectivity index (χ0n) is 13.3. The quantitative estimate of drug-likeness (QED) is 0.940. The summed E-state index contributed by atoms with van der Waals surface area (Å²) in [5.41, 5.74) is 1.50. The molecule has 3 heterocycles. The van der Waals surface area contributed by atoms with Gasteiger partial charge in [-0.15, -0.1) is 0 Å². The number of carbonyl (C=O) groups is 1. The summed E-state index contributed by atoms with van der Waals surface area (Å²) in [7, 11) is 0. The second-order valence-electron chi connectivity index (χ2n) is 5.91. The number of rotatable bonds is 3. The Kier molecular flexibility index (Phi) is 3.94. The van der Waals surface area contributed by atoms with Gasteiger partial charge in [-0.25, -0.2) is 4.98 Å². The van der Waals surface area contributed by atoms with Crippen LogP contribution < -0.4 is 14.8 Å². The van der Waals surface area contributed by atoms with Crippen LogP contribution in [0.4, 0.5) is 11.5 Å². The summed E-state index contributed by atoms with van der Waals surface area (Å²) in [4.78, 5) is 18.5. The molecule has 0 radical (unpaired) electrons. The Morgan fingerprint density at radius 3 is 2.58 bits per heavy atom. The van der Waals surface area contributed by atoms with Crippen LogP contribution in [0.3, 0.4) is 0 Å². The molecular weight excluding hydrogens is 306 g/mol. The maximum absolute atomic E-state index is 12.3. The van der Waals surface area contributed by atoms with Crippen LogP contribution in [0.25, 0.3) is 0 Å². The molecule has 1 aromatic carbocycles. The average molecular weight is 325 g/mol. The largest absolute Gasteiger partial charge is 0.486 e. The number of amides is 1. The van der Waals surface area contributed by atoms with Crippen molar-refractivity contribution in [2.24, 2.45) is 0 Å². The number of aromatic nitrogens is 1. The molecule has 0 saturated carbocycles. The Hall–Kier alpha value is -2.76. The highest BCUT2D eigenvalue weighted by Gasteiger charge is 2.19. The van der Waals surface area contributed by atoms with E-state index in [-0.39, 0.29) is 5.91 Å². The van der Waals surface area contributed by atoms with Gasteiger partial charge in [0.15, 0.2) is 11.5 Å². The van der Waals surface area contributed by atoms with Gasteiger partial charge in [0.05, 0.1) is 5.56 Å². The van der Waals surface area contributed by atoms with E-state index in [0.717, 1.165) is 43.1 Å². The van der Waals surface area contributed by atoms with Gasteiger partial charge in [0.1, 0.15) is 19.0 Å². The molecular formula is C18H19N3O3. The first-order valence-electron chi connectivity index (χ1n) is 8.21. The number of hydrogen-bond acceptors (Lipinski definition) is 5. The number of pyridine rings is 1. The highest BCUT2D eigenvalue weighted by atomic mass is 16.6. The standard InChI is InChI=1S/C18H19N3O3/c22-18(21-7-1-2-8-21)13-3-6-17(19-12-13)20-14-4-5-15-16(11-14)24-10-9-23-15/h3-6,11-12H,1-2,7-10H2,(H,19,20). The van der Waals surface area contributed by atoms with E-state index in [1.165, 1.54) is 0 Å². The van der Waals surface area contributed by atoms with E-state index in [2.05, 4.69) is 10.3 Å². The predicted octanol–water partition coefficient (Wildman–Crippen LogP) is 2.83. The van der Waals surface area contributed by atoms with Gasteiger partial charge in [-0.3, -0.25) is 4.79 Å². The van der Waals surface area contributed by atoms with Crippen molar-refractivity contribution < 1.29 is 14.3 Å². The zero-order chi connectivity index (χ0) is 16.4. The fraction of sp³-hybridized carbons (Fsp3) is 0.333. The number of hydrogen-bond donors (Lipinski definition) is 1. The molecule has 2 aliphatic rings. The number of nitrogens with zero attached hydrogens (tertiary/aromatic N) is 2. The smallest absolute Gasteiger partial charge is 0.255 e. The molecule has 0 bridgehead atoms. The third-order valence-electron chi connectivity index (χ3n) is 4.22. The molecule has 0 unspecified atom stereocenters. The molecule has 4 rings (SSSR count). The SMILES string of the molecule is O=C(c1ccc(Nc2ccc3c(c2)OCCO3)nc1)N1CCCC1. The van der Waals surface area contributed by atoms with Gasteiger partial charge >= 0.3 is 0 Å². The number of nitrogens with one attached hydrogen (secondary N) is 1. The maximum Gasteiger partial charge on any atom is 0.255 e. The van der Waals surface area contributed by atoms with E-state index >= 15 is 0 Å². The minimum absolute atomic E-state index is 0.0610. The molecule has 6 nitrogen and oxygen atoms in total. The van der Waals surface area contributed by atoms with Crippen molar-refractivity contribution in [2.75, 3.05) is 31.6 Å². The molecule has 1 fully saturated rings. The Morgan fingerprint density at radius 1 is 1.04 bits per heavy atom. The molecule has 1 N–H and O–H groups in total. The third kappa shape index (κ3) is 2.99. The number of benzene rings is 1. The van der Waals surface area contributed by atoms with Crippen LogP contribution in [0.2, 0.25) is 0 Å². The van der Waals surface area contributed by atoms with Crippen molar-refractivity contribution in [2.45, 2.75) is 12.8 Å². The fourth-order valence-electron chi connectivity index (χ4n) is 2.97. The molecule has 1 amide bonds. The second-order valence-corrected chi connectivity index (χ2v) is 5.91.